The Morgan fingerprint density at radius 3 is 2.68 bits per heavy atom. The van der Waals surface area contributed by atoms with Gasteiger partial charge in [0, 0.05) is 45.0 Å². The van der Waals surface area contributed by atoms with Crippen LogP contribution in [0, 0.1) is 0 Å². The van der Waals surface area contributed by atoms with Gasteiger partial charge >= 0.3 is 0 Å². The third-order valence-electron chi connectivity index (χ3n) is 3.98. The van der Waals surface area contributed by atoms with E-state index in [4.69, 9.17) is 4.74 Å². The molecule has 1 aliphatic heterocycles. The van der Waals surface area contributed by atoms with Gasteiger partial charge in [-0.05, 0) is 19.1 Å². The zero-order chi connectivity index (χ0) is 15.5. The van der Waals surface area contributed by atoms with Crippen molar-refractivity contribution in [3.05, 3.63) is 24.4 Å². The monoisotopic (exact) mass is 302 g/mol. The number of ether oxygens (including phenoxy) is 1. The van der Waals surface area contributed by atoms with Gasteiger partial charge < -0.3 is 14.7 Å². The van der Waals surface area contributed by atoms with Gasteiger partial charge in [0.2, 0.25) is 5.88 Å². The van der Waals surface area contributed by atoms with Crippen LogP contribution in [0.5, 0.6) is 5.88 Å². The van der Waals surface area contributed by atoms with Crippen molar-refractivity contribution in [2.75, 3.05) is 44.7 Å². The largest absolute Gasteiger partial charge is 0.481 e. The maximum atomic E-state index is 9.50. The fourth-order valence-corrected chi connectivity index (χ4v) is 2.91. The lowest BCUT2D eigenvalue weighted by Crippen LogP contribution is -2.48. The average molecular weight is 302 g/mol. The van der Waals surface area contributed by atoms with E-state index in [-0.39, 0.29) is 6.10 Å². The summed E-state index contributed by atoms with van der Waals surface area (Å²) in [5, 5.41) is 9.50. The molecule has 3 heterocycles. The lowest BCUT2D eigenvalue weighted by Gasteiger charge is -2.36. The van der Waals surface area contributed by atoms with Gasteiger partial charge in [0.25, 0.3) is 0 Å². The van der Waals surface area contributed by atoms with Crippen LogP contribution in [0.15, 0.2) is 24.4 Å². The molecule has 118 valence electrons. The highest BCUT2D eigenvalue weighted by Gasteiger charge is 2.20. The number of β-amino-alcohol motifs (C(OH)–C–C–N with tert-alkyl or cyclic N) is 1. The molecule has 1 fully saturated rings. The number of pyridine rings is 2. The maximum Gasteiger partial charge on any atom is 0.213 e. The molecule has 1 aliphatic rings. The first kappa shape index (κ1) is 15.0. The number of fused-ring (bicyclic) bond motifs is 1. The third-order valence-corrected chi connectivity index (χ3v) is 3.98. The molecule has 0 bridgehead atoms. The Bertz CT molecular complexity index is 639. The van der Waals surface area contributed by atoms with Crippen molar-refractivity contribution >= 4 is 16.7 Å². The second-order valence-corrected chi connectivity index (χ2v) is 5.69. The first-order valence-corrected chi connectivity index (χ1v) is 7.62. The zero-order valence-electron chi connectivity index (χ0n) is 13.1. The van der Waals surface area contributed by atoms with Crippen LogP contribution in [0.25, 0.3) is 11.0 Å². The average Bonchev–Trinajstić information content (AvgIpc) is 2.54. The Morgan fingerprint density at radius 2 is 2.00 bits per heavy atom. The molecule has 0 radical (unpaired) electrons. The van der Waals surface area contributed by atoms with E-state index in [2.05, 4.69) is 19.8 Å². The van der Waals surface area contributed by atoms with E-state index >= 15 is 0 Å². The first-order chi connectivity index (χ1) is 10.7. The minimum atomic E-state index is -0.278. The van der Waals surface area contributed by atoms with E-state index in [1.807, 2.05) is 31.3 Å². The molecule has 1 saturated heterocycles. The van der Waals surface area contributed by atoms with Crippen molar-refractivity contribution in [3.8, 4) is 5.88 Å². The lowest BCUT2D eigenvalue weighted by atomic mass is 10.2. The summed E-state index contributed by atoms with van der Waals surface area (Å²) in [7, 11) is 1.62. The molecule has 22 heavy (non-hydrogen) atoms. The number of aromatic nitrogens is 2. The van der Waals surface area contributed by atoms with Crippen molar-refractivity contribution in [2.24, 2.45) is 0 Å². The fourth-order valence-electron chi connectivity index (χ4n) is 2.91. The molecular formula is C16H22N4O2. The summed E-state index contributed by atoms with van der Waals surface area (Å²) in [4.78, 5) is 13.6. The van der Waals surface area contributed by atoms with E-state index in [1.165, 1.54) is 0 Å². The Morgan fingerprint density at radius 1 is 1.23 bits per heavy atom. The number of anilines is 1. The number of rotatable bonds is 4. The van der Waals surface area contributed by atoms with Gasteiger partial charge in [-0.3, -0.25) is 9.88 Å². The molecule has 0 spiro atoms. The minimum absolute atomic E-state index is 0.278. The molecule has 0 saturated carbocycles. The minimum Gasteiger partial charge on any atom is -0.481 e. The third kappa shape index (κ3) is 3.13. The van der Waals surface area contributed by atoms with Crippen LogP contribution in [0.1, 0.15) is 6.92 Å². The van der Waals surface area contributed by atoms with Gasteiger partial charge in [0.05, 0.1) is 24.4 Å². The fraction of sp³-hybridized carbons (Fsp3) is 0.500. The van der Waals surface area contributed by atoms with Crippen molar-refractivity contribution < 1.29 is 9.84 Å². The Kier molecular flexibility index (Phi) is 4.40. The number of aliphatic hydroxyl groups is 1. The Labute approximate surface area is 130 Å². The van der Waals surface area contributed by atoms with Gasteiger partial charge in [-0.15, -0.1) is 0 Å². The van der Waals surface area contributed by atoms with Crippen molar-refractivity contribution in [1.82, 2.24) is 14.9 Å². The second-order valence-electron chi connectivity index (χ2n) is 5.69. The van der Waals surface area contributed by atoms with E-state index in [0.717, 1.165) is 49.4 Å². The first-order valence-electron chi connectivity index (χ1n) is 7.62. The molecule has 2 aromatic heterocycles. The van der Waals surface area contributed by atoms with Gasteiger partial charge in [-0.2, -0.15) is 0 Å². The quantitative estimate of drug-likeness (QED) is 0.914. The van der Waals surface area contributed by atoms with E-state index in [0.29, 0.717) is 5.88 Å². The summed E-state index contributed by atoms with van der Waals surface area (Å²) in [6.07, 6.45) is 1.55. The topological polar surface area (TPSA) is 61.7 Å². The van der Waals surface area contributed by atoms with E-state index in [1.54, 1.807) is 7.11 Å². The predicted octanol–water partition coefficient (Wildman–Crippen LogP) is 1.14. The smallest absolute Gasteiger partial charge is 0.213 e. The molecule has 6 heteroatoms. The number of nitrogens with zero attached hydrogens (tertiary/aromatic N) is 4. The summed E-state index contributed by atoms with van der Waals surface area (Å²) in [6, 6.07) is 5.78. The zero-order valence-corrected chi connectivity index (χ0v) is 13.1. The molecular weight excluding hydrogens is 280 g/mol. The molecule has 1 unspecified atom stereocenters. The maximum absolute atomic E-state index is 9.50. The number of piperazine rings is 1. The normalized spacial score (nSPS) is 17.7. The predicted molar refractivity (Wildman–Crippen MR) is 86.4 cm³/mol. The highest BCUT2D eigenvalue weighted by Crippen LogP contribution is 2.26. The van der Waals surface area contributed by atoms with E-state index < -0.39 is 0 Å². The molecule has 0 aromatic carbocycles. The highest BCUT2D eigenvalue weighted by molar-refractivity contribution is 5.88. The molecule has 1 atom stereocenters. The highest BCUT2D eigenvalue weighted by atomic mass is 16.5. The Balaban J connectivity index is 1.82. The van der Waals surface area contributed by atoms with Gasteiger partial charge in [-0.1, -0.05) is 0 Å². The summed E-state index contributed by atoms with van der Waals surface area (Å²) in [5.41, 5.74) is 2.86. The van der Waals surface area contributed by atoms with E-state index in [9.17, 15) is 5.11 Å². The number of hydrogen-bond donors (Lipinski definition) is 1. The molecule has 1 N–H and O–H groups in total. The van der Waals surface area contributed by atoms with Crippen molar-refractivity contribution in [3.63, 3.8) is 0 Å². The van der Waals surface area contributed by atoms with Crippen LogP contribution in [-0.2, 0) is 0 Å². The molecule has 3 rings (SSSR count). The van der Waals surface area contributed by atoms with Gasteiger partial charge in [-0.25, -0.2) is 4.98 Å². The summed E-state index contributed by atoms with van der Waals surface area (Å²) in [6.45, 7) is 6.29. The van der Waals surface area contributed by atoms with Crippen LogP contribution in [0.3, 0.4) is 0 Å². The summed E-state index contributed by atoms with van der Waals surface area (Å²) in [5.74, 6) is 0.606. The number of hydrogen-bond acceptors (Lipinski definition) is 6. The molecule has 0 amide bonds. The number of methoxy groups -OCH3 is 1. The molecule has 0 aliphatic carbocycles. The lowest BCUT2D eigenvalue weighted by molar-refractivity contribution is 0.123. The van der Waals surface area contributed by atoms with Gasteiger partial charge in [0.15, 0.2) is 0 Å². The molecule has 2 aromatic rings. The van der Waals surface area contributed by atoms with Crippen LogP contribution < -0.4 is 9.64 Å². The van der Waals surface area contributed by atoms with Crippen LogP contribution in [-0.4, -0.2) is 65.9 Å². The summed E-state index contributed by atoms with van der Waals surface area (Å²) < 4.78 is 5.23. The van der Waals surface area contributed by atoms with Crippen LogP contribution in [0.4, 0.5) is 5.69 Å². The van der Waals surface area contributed by atoms with Crippen LogP contribution >= 0.6 is 0 Å². The van der Waals surface area contributed by atoms with Crippen molar-refractivity contribution in [2.45, 2.75) is 13.0 Å². The van der Waals surface area contributed by atoms with Gasteiger partial charge in [0.1, 0.15) is 5.52 Å². The summed E-state index contributed by atoms with van der Waals surface area (Å²) >= 11 is 0. The SMILES string of the molecule is COc1ccc2nccc(N3CCN(CC(C)O)CC3)c2n1. The molecule has 6 nitrogen and oxygen atoms in total. The standard InChI is InChI=1S/C16H22N4O2/c1-12(21)11-19-7-9-20(10-8-19)14-5-6-17-13-3-4-15(22-2)18-16(13)14/h3-6,12,21H,7-11H2,1-2H3. The van der Waals surface area contributed by atoms with Crippen molar-refractivity contribution in [1.29, 1.82) is 0 Å². The van der Waals surface area contributed by atoms with Crippen LogP contribution in [0.2, 0.25) is 0 Å². The Hall–Kier alpha value is -1.92. The second kappa shape index (κ2) is 6.46. The number of aliphatic hydroxyl groups excluding tert-OH is 1.